The van der Waals surface area contributed by atoms with Gasteiger partial charge in [0.2, 0.25) is 0 Å². The fourth-order valence-electron chi connectivity index (χ4n) is 4.49. The van der Waals surface area contributed by atoms with Gasteiger partial charge in [0.25, 0.3) is 11.8 Å². The number of carbonyl (C=O) groups is 3. The average molecular weight is 465 g/mol. The lowest BCUT2D eigenvalue weighted by Crippen LogP contribution is -2.51. The highest BCUT2D eigenvalue weighted by molar-refractivity contribution is 6.21. The van der Waals surface area contributed by atoms with E-state index in [1.807, 2.05) is 18.2 Å². The lowest BCUT2D eigenvalue weighted by atomic mass is 10.1. The molecule has 2 aliphatic heterocycles. The molecule has 2 aliphatic rings. The molecule has 1 fully saturated rings. The standard InChI is InChI=1S/C26H32N4O4/c1-2-3-4-12-24(31)34-20(19-30-25(32)21-9-5-6-10-22(21)26(30)33)18-28-14-16-29(17-15-28)23-11-7-8-13-27-23/h5-11,13,20H,2-4,12,14-19H2,1H3. The van der Waals surface area contributed by atoms with Crippen molar-refractivity contribution in [2.45, 2.75) is 38.7 Å². The predicted molar refractivity (Wildman–Crippen MR) is 129 cm³/mol. The van der Waals surface area contributed by atoms with E-state index in [1.165, 1.54) is 4.90 Å². The first kappa shape index (κ1) is 23.9. The van der Waals surface area contributed by atoms with Gasteiger partial charge < -0.3 is 9.64 Å². The molecule has 34 heavy (non-hydrogen) atoms. The molecule has 2 amide bonds. The number of anilines is 1. The van der Waals surface area contributed by atoms with Gasteiger partial charge in [-0.3, -0.25) is 24.2 Å². The van der Waals surface area contributed by atoms with E-state index in [0.29, 0.717) is 24.1 Å². The van der Waals surface area contributed by atoms with Crippen molar-refractivity contribution in [2.24, 2.45) is 0 Å². The molecule has 4 rings (SSSR count). The highest BCUT2D eigenvalue weighted by Crippen LogP contribution is 2.23. The smallest absolute Gasteiger partial charge is 0.306 e. The van der Waals surface area contributed by atoms with Crippen molar-refractivity contribution in [3.63, 3.8) is 0 Å². The van der Waals surface area contributed by atoms with Gasteiger partial charge in [-0.1, -0.05) is 38.0 Å². The highest BCUT2D eigenvalue weighted by Gasteiger charge is 2.37. The zero-order valence-electron chi connectivity index (χ0n) is 19.7. The lowest BCUT2D eigenvalue weighted by molar-refractivity contribution is -0.150. The van der Waals surface area contributed by atoms with E-state index in [1.54, 1.807) is 30.5 Å². The second-order valence-electron chi connectivity index (χ2n) is 8.81. The maximum Gasteiger partial charge on any atom is 0.306 e. The van der Waals surface area contributed by atoms with E-state index in [-0.39, 0.29) is 24.3 Å². The van der Waals surface area contributed by atoms with Crippen LogP contribution in [0.15, 0.2) is 48.7 Å². The van der Waals surface area contributed by atoms with Gasteiger partial charge in [-0.2, -0.15) is 0 Å². The molecule has 1 aromatic carbocycles. The van der Waals surface area contributed by atoms with E-state index in [4.69, 9.17) is 4.74 Å². The van der Waals surface area contributed by atoms with E-state index in [2.05, 4.69) is 21.7 Å². The SMILES string of the molecule is CCCCCC(=O)OC(CN1CCN(c2ccccn2)CC1)CN1C(=O)c2ccccc2C1=O. The third kappa shape index (κ3) is 5.62. The molecule has 180 valence electrons. The highest BCUT2D eigenvalue weighted by atomic mass is 16.5. The number of hydrogen-bond donors (Lipinski definition) is 0. The Morgan fingerprint density at radius 3 is 2.24 bits per heavy atom. The van der Waals surface area contributed by atoms with Crippen molar-refractivity contribution in [1.29, 1.82) is 0 Å². The number of piperazine rings is 1. The van der Waals surface area contributed by atoms with Crippen LogP contribution in [0.25, 0.3) is 0 Å². The Morgan fingerprint density at radius 2 is 1.62 bits per heavy atom. The summed E-state index contributed by atoms with van der Waals surface area (Å²) in [6, 6.07) is 12.7. The monoisotopic (exact) mass is 464 g/mol. The van der Waals surface area contributed by atoms with E-state index in [0.717, 1.165) is 51.3 Å². The lowest BCUT2D eigenvalue weighted by Gasteiger charge is -2.37. The first-order valence-electron chi connectivity index (χ1n) is 12.1. The molecule has 1 saturated heterocycles. The maximum atomic E-state index is 12.9. The number of pyridine rings is 1. The minimum absolute atomic E-state index is 0.0618. The number of hydrogen-bond acceptors (Lipinski definition) is 7. The maximum absolute atomic E-state index is 12.9. The number of imide groups is 1. The summed E-state index contributed by atoms with van der Waals surface area (Å²) in [4.78, 5) is 48.4. The Hall–Kier alpha value is -3.26. The fraction of sp³-hybridized carbons (Fsp3) is 0.462. The number of ether oxygens (including phenoxy) is 1. The summed E-state index contributed by atoms with van der Waals surface area (Å²) in [6.07, 6.45) is 4.33. The Morgan fingerprint density at radius 1 is 0.941 bits per heavy atom. The van der Waals surface area contributed by atoms with Gasteiger partial charge in [0.15, 0.2) is 0 Å². The van der Waals surface area contributed by atoms with E-state index < -0.39 is 6.10 Å². The van der Waals surface area contributed by atoms with Gasteiger partial charge in [-0.05, 0) is 30.7 Å². The van der Waals surface area contributed by atoms with Crippen LogP contribution in [0.5, 0.6) is 0 Å². The molecule has 0 aliphatic carbocycles. The summed E-state index contributed by atoms with van der Waals surface area (Å²) in [7, 11) is 0. The third-order valence-electron chi connectivity index (χ3n) is 6.35. The molecule has 0 spiro atoms. The average Bonchev–Trinajstić information content (AvgIpc) is 3.10. The topological polar surface area (TPSA) is 83.1 Å². The summed E-state index contributed by atoms with van der Waals surface area (Å²) in [5.41, 5.74) is 0.814. The molecule has 0 saturated carbocycles. The Kier molecular flexibility index (Phi) is 7.90. The first-order chi connectivity index (χ1) is 16.6. The van der Waals surface area contributed by atoms with Crippen molar-refractivity contribution in [2.75, 3.05) is 44.2 Å². The Balaban J connectivity index is 1.40. The van der Waals surface area contributed by atoms with Crippen molar-refractivity contribution < 1.29 is 19.1 Å². The summed E-state index contributed by atoms with van der Waals surface area (Å²) < 4.78 is 5.82. The summed E-state index contributed by atoms with van der Waals surface area (Å²) in [6.45, 7) is 5.80. The number of fused-ring (bicyclic) bond motifs is 1. The molecule has 0 bridgehead atoms. The molecule has 8 heteroatoms. The summed E-state index contributed by atoms with van der Waals surface area (Å²) in [5.74, 6) is 0.0227. The van der Waals surface area contributed by atoms with Gasteiger partial charge >= 0.3 is 5.97 Å². The molecular weight excluding hydrogens is 432 g/mol. The predicted octanol–water partition coefficient (Wildman–Crippen LogP) is 2.99. The van der Waals surface area contributed by atoms with Crippen LogP contribution in [-0.2, 0) is 9.53 Å². The van der Waals surface area contributed by atoms with Crippen LogP contribution in [0.1, 0.15) is 53.3 Å². The summed E-state index contributed by atoms with van der Waals surface area (Å²) in [5, 5.41) is 0. The summed E-state index contributed by atoms with van der Waals surface area (Å²) >= 11 is 0. The van der Waals surface area contributed by atoms with Gasteiger partial charge in [0.05, 0.1) is 17.7 Å². The Labute approximate surface area is 200 Å². The minimum Gasteiger partial charge on any atom is -0.459 e. The van der Waals surface area contributed by atoms with E-state index >= 15 is 0 Å². The van der Waals surface area contributed by atoms with Crippen LogP contribution < -0.4 is 4.90 Å². The van der Waals surface area contributed by atoms with Crippen molar-refractivity contribution in [3.05, 3.63) is 59.8 Å². The van der Waals surface area contributed by atoms with Gasteiger partial charge in [-0.25, -0.2) is 4.98 Å². The second-order valence-corrected chi connectivity index (χ2v) is 8.81. The van der Waals surface area contributed by atoms with Crippen LogP contribution >= 0.6 is 0 Å². The van der Waals surface area contributed by atoms with Gasteiger partial charge in [0, 0.05) is 45.3 Å². The van der Waals surface area contributed by atoms with Crippen molar-refractivity contribution >= 4 is 23.6 Å². The van der Waals surface area contributed by atoms with Crippen LogP contribution in [0.2, 0.25) is 0 Å². The minimum atomic E-state index is -0.572. The molecule has 2 aromatic rings. The molecule has 1 unspecified atom stereocenters. The first-order valence-corrected chi connectivity index (χ1v) is 12.1. The van der Waals surface area contributed by atoms with Crippen molar-refractivity contribution in [3.8, 4) is 0 Å². The number of aromatic nitrogens is 1. The van der Waals surface area contributed by atoms with Crippen LogP contribution in [0.4, 0.5) is 5.82 Å². The van der Waals surface area contributed by atoms with Gasteiger partial charge in [-0.15, -0.1) is 0 Å². The van der Waals surface area contributed by atoms with Crippen LogP contribution in [-0.4, -0.2) is 77.9 Å². The van der Waals surface area contributed by atoms with E-state index in [9.17, 15) is 14.4 Å². The zero-order chi connectivity index (χ0) is 23.9. The van der Waals surface area contributed by atoms with Crippen LogP contribution in [0, 0.1) is 0 Å². The third-order valence-corrected chi connectivity index (χ3v) is 6.35. The van der Waals surface area contributed by atoms with Crippen LogP contribution in [0.3, 0.4) is 0 Å². The Bertz CT molecular complexity index is 970. The van der Waals surface area contributed by atoms with Crippen molar-refractivity contribution in [1.82, 2.24) is 14.8 Å². The molecule has 0 radical (unpaired) electrons. The number of unbranched alkanes of at least 4 members (excludes halogenated alkanes) is 2. The van der Waals surface area contributed by atoms with Gasteiger partial charge in [0.1, 0.15) is 11.9 Å². The largest absolute Gasteiger partial charge is 0.459 e. The molecule has 0 N–H and O–H groups in total. The molecule has 8 nitrogen and oxygen atoms in total. The molecule has 1 atom stereocenters. The number of nitrogens with zero attached hydrogens (tertiary/aromatic N) is 4. The molecule has 1 aromatic heterocycles. The zero-order valence-corrected chi connectivity index (χ0v) is 19.7. The number of amides is 2. The molecular formula is C26H32N4O4. The second kappa shape index (κ2) is 11.2. The fourth-order valence-corrected chi connectivity index (χ4v) is 4.49. The number of rotatable bonds is 10. The molecule has 3 heterocycles. The number of benzene rings is 1. The quantitative estimate of drug-likeness (QED) is 0.304. The number of carbonyl (C=O) groups excluding carboxylic acids is 3. The number of esters is 1. The normalized spacial score (nSPS) is 17.1.